The van der Waals surface area contributed by atoms with Crippen LogP contribution >= 0.6 is 0 Å². The van der Waals surface area contributed by atoms with Crippen LogP contribution in [-0.4, -0.2) is 60.2 Å². The van der Waals surface area contributed by atoms with Crippen LogP contribution in [0.1, 0.15) is 13.8 Å². The van der Waals surface area contributed by atoms with Crippen LogP contribution in [0.4, 0.5) is 0 Å². The molecular formula is C9H21NO4Si. The van der Waals surface area contributed by atoms with Crippen LogP contribution in [0.15, 0.2) is 0 Å². The maximum absolute atomic E-state index is 5.88. The van der Waals surface area contributed by atoms with E-state index in [9.17, 15) is 0 Å². The van der Waals surface area contributed by atoms with Gasteiger partial charge < -0.3 is 18.0 Å². The van der Waals surface area contributed by atoms with Crippen LogP contribution in [0.3, 0.4) is 0 Å². The zero-order chi connectivity index (χ0) is 11.3. The van der Waals surface area contributed by atoms with E-state index in [4.69, 9.17) is 18.0 Å². The Morgan fingerprint density at radius 2 is 2.13 bits per heavy atom. The van der Waals surface area contributed by atoms with Crippen LogP contribution in [0.5, 0.6) is 0 Å². The lowest BCUT2D eigenvalue weighted by atomic mass is 10.4. The monoisotopic (exact) mass is 235 g/mol. The van der Waals surface area contributed by atoms with Gasteiger partial charge in [-0.25, -0.2) is 0 Å². The molecule has 0 amide bonds. The summed E-state index contributed by atoms with van der Waals surface area (Å²) in [4.78, 5) is 0. The second-order valence-electron chi connectivity index (χ2n) is 3.70. The second kappa shape index (κ2) is 5.93. The van der Waals surface area contributed by atoms with Crippen molar-refractivity contribution in [3.63, 3.8) is 0 Å². The third kappa shape index (κ3) is 3.51. The van der Waals surface area contributed by atoms with E-state index in [1.165, 1.54) is 0 Å². The molecule has 1 saturated heterocycles. The quantitative estimate of drug-likeness (QED) is 0.665. The van der Waals surface area contributed by atoms with Crippen molar-refractivity contribution in [3.05, 3.63) is 0 Å². The van der Waals surface area contributed by atoms with E-state index in [1.807, 2.05) is 32.5 Å². The van der Waals surface area contributed by atoms with Crippen molar-refractivity contribution in [1.29, 1.82) is 0 Å². The molecule has 1 fully saturated rings. The predicted molar refractivity (Wildman–Crippen MR) is 58.4 cm³/mol. The normalized spacial score (nSPS) is 33.8. The summed E-state index contributed by atoms with van der Waals surface area (Å²) in [6, 6.07) is 0. The molecule has 1 aliphatic heterocycles. The van der Waals surface area contributed by atoms with Crippen LogP contribution in [0, 0.1) is 0 Å². The summed E-state index contributed by atoms with van der Waals surface area (Å²) in [6.45, 7) is 6.24. The summed E-state index contributed by atoms with van der Waals surface area (Å²) in [6.07, 6.45) is 0.00548. The van der Waals surface area contributed by atoms with Gasteiger partial charge >= 0.3 is 8.97 Å². The van der Waals surface area contributed by atoms with Gasteiger partial charge in [-0.15, -0.1) is 0 Å². The van der Waals surface area contributed by atoms with Gasteiger partial charge in [-0.1, -0.05) is 0 Å². The first-order chi connectivity index (χ1) is 7.10. The maximum atomic E-state index is 5.88. The zero-order valence-corrected chi connectivity index (χ0v) is 11.0. The molecule has 0 aliphatic carbocycles. The molecule has 0 radical (unpaired) electrons. The number of nitrogens with zero attached hydrogens (tertiary/aromatic N) is 1. The summed E-state index contributed by atoms with van der Waals surface area (Å²) in [5.74, 6) is 0. The fraction of sp³-hybridized carbons (Fsp3) is 1.00. The van der Waals surface area contributed by atoms with Gasteiger partial charge in [-0.2, -0.15) is 0 Å². The van der Waals surface area contributed by atoms with E-state index in [0.29, 0.717) is 26.4 Å². The fourth-order valence-electron chi connectivity index (χ4n) is 1.42. The van der Waals surface area contributed by atoms with Gasteiger partial charge in [0.15, 0.2) is 0 Å². The first kappa shape index (κ1) is 13.1. The first-order valence-electron chi connectivity index (χ1n) is 5.31. The van der Waals surface area contributed by atoms with Crippen LogP contribution < -0.4 is 0 Å². The van der Waals surface area contributed by atoms with Crippen molar-refractivity contribution in [1.82, 2.24) is 4.57 Å². The number of hydrogen-bond donors (Lipinski definition) is 0. The van der Waals surface area contributed by atoms with E-state index in [-0.39, 0.29) is 6.10 Å². The van der Waals surface area contributed by atoms with Gasteiger partial charge in [0.05, 0.1) is 25.9 Å². The van der Waals surface area contributed by atoms with Crippen LogP contribution in [0.25, 0.3) is 0 Å². The summed E-state index contributed by atoms with van der Waals surface area (Å²) in [7, 11) is 1.20. The molecule has 2 atom stereocenters. The molecular weight excluding hydrogens is 214 g/mol. The van der Waals surface area contributed by atoms with Crippen LogP contribution in [0.2, 0.25) is 0 Å². The molecule has 2 unspecified atom stereocenters. The Labute approximate surface area is 92.7 Å². The molecule has 1 rings (SSSR count). The molecule has 0 aromatic heterocycles. The second-order valence-corrected chi connectivity index (χ2v) is 6.46. The topological polar surface area (TPSA) is 40.2 Å². The van der Waals surface area contributed by atoms with Crippen LogP contribution in [-0.2, 0) is 18.0 Å². The molecule has 5 nitrogen and oxygen atoms in total. The Hall–Kier alpha value is 0.0169. The average Bonchev–Trinajstić information content (AvgIpc) is 2.13. The summed E-state index contributed by atoms with van der Waals surface area (Å²) >= 11 is 0. The van der Waals surface area contributed by atoms with Crippen molar-refractivity contribution in [3.8, 4) is 0 Å². The van der Waals surface area contributed by atoms with Gasteiger partial charge in [-0.05, 0) is 27.9 Å². The van der Waals surface area contributed by atoms with Gasteiger partial charge in [0.2, 0.25) is 0 Å². The van der Waals surface area contributed by atoms with E-state index in [0.717, 1.165) is 0 Å². The van der Waals surface area contributed by atoms with E-state index >= 15 is 0 Å². The molecule has 1 heterocycles. The molecule has 0 spiro atoms. The van der Waals surface area contributed by atoms with E-state index in [2.05, 4.69) is 0 Å². The van der Waals surface area contributed by atoms with Crippen molar-refractivity contribution >= 4 is 8.97 Å². The predicted octanol–water partition coefficient (Wildman–Crippen LogP) is 0.472. The Bertz CT molecular complexity index is 193. The molecule has 0 bridgehead atoms. The molecule has 6 heteroatoms. The summed E-state index contributed by atoms with van der Waals surface area (Å²) in [5.41, 5.74) is 0. The lowest BCUT2D eigenvalue weighted by Gasteiger charge is -2.36. The fourth-order valence-corrected chi connectivity index (χ4v) is 3.65. The lowest BCUT2D eigenvalue weighted by molar-refractivity contribution is -0.0658. The van der Waals surface area contributed by atoms with Crippen molar-refractivity contribution in [2.24, 2.45) is 0 Å². The Morgan fingerprint density at radius 1 is 1.40 bits per heavy atom. The van der Waals surface area contributed by atoms with Gasteiger partial charge in [0.25, 0.3) is 0 Å². The van der Waals surface area contributed by atoms with E-state index in [1.54, 1.807) is 0 Å². The highest BCUT2D eigenvalue weighted by molar-refractivity contribution is 6.57. The zero-order valence-electron chi connectivity index (χ0n) is 9.99. The standard InChI is InChI=1S/C9H21NO4Si/c1-5-12-15(10(3)4)13-7-6-11-8-9(2)14-15/h9H,5-8H2,1-4H3. The SMILES string of the molecule is CCO[Si]1(N(C)C)OCCOCC(C)O1. The molecule has 15 heavy (non-hydrogen) atoms. The molecule has 0 N–H and O–H groups in total. The van der Waals surface area contributed by atoms with Crippen molar-refractivity contribution < 1.29 is 18.0 Å². The molecule has 0 aromatic rings. The molecule has 0 aromatic carbocycles. The Morgan fingerprint density at radius 3 is 2.73 bits per heavy atom. The molecule has 0 saturated carbocycles. The highest BCUT2D eigenvalue weighted by Gasteiger charge is 2.47. The van der Waals surface area contributed by atoms with Crippen molar-refractivity contribution in [2.45, 2.75) is 20.0 Å². The average molecular weight is 235 g/mol. The first-order valence-corrected chi connectivity index (χ1v) is 6.99. The Kier molecular flexibility index (Phi) is 5.17. The third-order valence-corrected chi connectivity index (χ3v) is 5.11. The highest BCUT2D eigenvalue weighted by Crippen LogP contribution is 2.17. The minimum atomic E-state index is -2.65. The highest BCUT2D eigenvalue weighted by atomic mass is 28.4. The van der Waals surface area contributed by atoms with Crippen molar-refractivity contribution in [2.75, 3.05) is 40.5 Å². The smallest absolute Gasteiger partial charge is 0.376 e. The number of hydrogen-bond acceptors (Lipinski definition) is 5. The largest absolute Gasteiger partial charge is 0.599 e. The lowest BCUT2D eigenvalue weighted by Crippen LogP contribution is -2.61. The summed E-state index contributed by atoms with van der Waals surface area (Å²) < 4.78 is 24.6. The number of rotatable bonds is 3. The minimum Gasteiger partial charge on any atom is -0.376 e. The van der Waals surface area contributed by atoms with Gasteiger partial charge in [-0.3, -0.25) is 4.57 Å². The molecule has 1 aliphatic rings. The third-order valence-electron chi connectivity index (χ3n) is 2.09. The molecule has 90 valence electrons. The Balaban J connectivity index is 2.71. The minimum absolute atomic E-state index is 0.00548. The summed E-state index contributed by atoms with van der Waals surface area (Å²) in [5, 5.41) is 0. The van der Waals surface area contributed by atoms with Gasteiger partial charge in [0, 0.05) is 6.61 Å². The number of ether oxygens (including phenoxy) is 1. The van der Waals surface area contributed by atoms with E-state index < -0.39 is 8.97 Å². The maximum Gasteiger partial charge on any atom is 0.599 e. The van der Waals surface area contributed by atoms with Gasteiger partial charge in [0.1, 0.15) is 0 Å².